The second kappa shape index (κ2) is 5.25. The lowest BCUT2D eigenvalue weighted by atomic mass is 9.71. The molecule has 0 aromatic rings. The Morgan fingerprint density at radius 1 is 1.29 bits per heavy atom. The van der Waals surface area contributed by atoms with Gasteiger partial charge in [0.1, 0.15) is 0 Å². The van der Waals surface area contributed by atoms with E-state index in [1.54, 1.807) is 0 Å². The van der Waals surface area contributed by atoms with Gasteiger partial charge in [0, 0.05) is 11.8 Å². The SMILES string of the molecule is CC1(C)CCOC(OCCCN)(C(C)(C)C)C1. The number of hydrogen-bond donors (Lipinski definition) is 1. The highest BCUT2D eigenvalue weighted by Gasteiger charge is 2.50. The number of hydrogen-bond acceptors (Lipinski definition) is 3. The van der Waals surface area contributed by atoms with Crippen LogP contribution in [-0.4, -0.2) is 25.5 Å². The molecule has 0 aliphatic carbocycles. The maximum absolute atomic E-state index is 6.11. The molecule has 1 fully saturated rings. The lowest BCUT2D eigenvalue weighted by molar-refractivity contribution is -0.321. The van der Waals surface area contributed by atoms with Crippen molar-refractivity contribution in [1.82, 2.24) is 0 Å². The molecule has 0 amide bonds. The van der Waals surface area contributed by atoms with Crippen LogP contribution in [0.15, 0.2) is 0 Å². The Hall–Kier alpha value is -0.120. The van der Waals surface area contributed by atoms with Crippen molar-refractivity contribution < 1.29 is 9.47 Å². The maximum Gasteiger partial charge on any atom is 0.173 e. The van der Waals surface area contributed by atoms with Crippen LogP contribution in [0.1, 0.15) is 53.9 Å². The molecule has 0 radical (unpaired) electrons. The van der Waals surface area contributed by atoms with E-state index in [2.05, 4.69) is 34.6 Å². The molecule has 3 heteroatoms. The molecule has 1 unspecified atom stereocenters. The zero-order valence-corrected chi connectivity index (χ0v) is 12.1. The normalized spacial score (nSPS) is 29.3. The number of rotatable bonds is 4. The maximum atomic E-state index is 6.11. The van der Waals surface area contributed by atoms with Gasteiger partial charge in [-0.05, 0) is 24.8 Å². The molecule has 0 saturated carbocycles. The van der Waals surface area contributed by atoms with Gasteiger partial charge in [-0.3, -0.25) is 0 Å². The first-order chi connectivity index (χ1) is 7.72. The van der Waals surface area contributed by atoms with Crippen molar-refractivity contribution in [2.45, 2.75) is 59.7 Å². The molecule has 2 N–H and O–H groups in total. The van der Waals surface area contributed by atoms with Gasteiger partial charge < -0.3 is 15.2 Å². The smallest absolute Gasteiger partial charge is 0.173 e. The van der Waals surface area contributed by atoms with Crippen LogP contribution in [-0.2, 0) is 9.47 Å². The molecule has 17 heavy (non-hydrogen) atoms. The van der Waals surface area contributed by atoms with E-state index in [0.29, 0.717) is 13.2 Å². The van der Waals surface area contributed by atoms with Gasteiger partial charge in [-0.2, -0.15) is 0 Å². The van der Waals surface area contributed by atoms with Gasteiger partial charge in [-0.15, -0.1) is 0 Å². The number of ether oxygens (including phenoxy) is 2. The third-order valence-corrected chi connectivity index (χ3v) is 3.65. The first kappa shape index (κ1) is 14.9. The Morgan fingerprint density at radius 2 is 1.94 bits per heavy atom. The first-order valence-corrected chi connectivity index (χ1v) is 6.70. The fourth-order valence-corrected chi connectivity index (χ4v) is 2.37. The lowest BCUT2D eigenvalue weighted by Gasteiger charge is -2.51. The molecule has 1 aliphatic heterocycles. The van der Waals surface area contributed by atoms with Crippen molar-refractivity contribution >= 4 is 0 Å². The minimum absolute atomic E-state index is 0.0146. The molecule has 0 aromatic heterocycles. The Bertz CT molecular complexity index is 245. The minimum Gasteiger partial charge on any atom is -0.349 e. The van der Waals surface area contributed by atoms with E-state index in [1.165, 1.54) is 0 Å². The second-order valence-corrected chi connectivity index (χ2v) is 6.93. The summed E-state index contributed by atoms with van der Waals surface area (Å²) in [5.74, 6) is -0.454. The highest BCUT2D eigenvalue weighted by Crippen LogP contribution is 2.47. The van der Waals surface area contributed by atoms with E-state index in [1.807, 2.05) is 0 Å². The van der Waals surface area contributed by atoms with E-state index < -0.39 is 5.79 Å². The van der Waals surface area contributed by atoms with Crippen molar-refractivity contribution in [3.05, 3.63) is 0 Å². The van der Waals surface area contributed by atoms with E-state index in [0.717, 1.165) is 25.9 Å². The van der Waals surface area contributed by atoms with Gasteiger partial charge in [-0.1, -0.05) is 34.6 Å². The van der Waals surface area contributed by atoms with Crippen LogP contribution < -0.4 is 5.73 Å². The quantitative estimate of drug-likeness (QED) is 0.772. The molecule has 1 heterocycles. The fourth-order valence-electron chi connectivity index (χ4n) is 2.37. The van der Waals surface area contributed by atoms with Crippen LogP contribution in [0.4, 0.5) is 0 Å². The van der Waals surface area contributed by atoms with Crippen molar-refractivity contribution in [3.8, 4) is 0 Å². The average molecular weight is 243 g/mol. The van der Waals surface area contributed by atoms with Crippen molar-refractivity contribution in [2.75, 3.05) is 19.8 Å². The van der Waals surface area contributed by atoms with Gasteiger partial charge in [0.15, 0.2) is 5.79 Å². The fraction of sp³-hybridized carbons (Fsp3) is 1.00. The molecule has 1 aliphatic rings. The van der Waals surface area contributed by atoms with Crippen molar-refractivity contribution in [1.29, 1.82) is 0 Å². The molecule has 3 nitrogen and oxygen atoms in total. The molecule has 1 saturated heterocycles. The summed E-state index contributed by atoms with van der Waals surface area (Å²) < 4.78 is 12.2. The molecule has 1 rings (SSSR count). The summed E-state index contributed by atoms with van der Waals surface area (Å²) in [6, 6.07) is 0. The Balaban J connectivity index is 2.79. The van der Waals surface area contributed by atoms with Crippen LogP contribution in [0.25, 0.3) is 0 Å². The summed E-state index contributed by atoms with van der Waals surface area (Å²) in [5, 5.41) is 0. The Kier molecular flexibility index (Phi) is 4.61. The zero-order chi connectivity index (χ0) is 13.2. The van der Waals surface area contributed by atoms with E-state index >= 15 is 0 Å². The third kappa shape index (κ3) is 3.67. The summed E-state index contributed by atoms with van der Waals surface area (Å²) in [5.41, 5.74) is 5.80. The van der Waals surface area contributed by atoms with Crippen LogP contribution >= 0.6 is 0 Å². The van der Waals surface area contributed by atoms with Crippen LogP contribution in [0.2, 0.25) is 0 Å². The molecular weight excluding hydrogens is 214 g/mol. The Morgan fingerprint density at radius 3 is 2.41 bits per heavy atom. The van der Waals surface area contributed by atoms with Gasteiger partial charge in [0.25, 0.3) is 0 Å². The van der Waals surface area contributed by atoms with Crippen molar-refractivity contribution in [3.63, 3.8) is 0 Å². The molecule has 0 bridgehead atoms. The topological polar surface area (TPSA) is 44.5 Å². The largest absolute Gasteiger partial charge is 0.349 e. The van der Waals surface area contributed by atoms with E-state index in [-0.39, 0.29) is 10.8 Å². The van der Waals surface area contributed by atoms with E-state index in [4.69, 9.17) is 15.2 Å². The summed E-state index contributed by atoms with van der Waals surface area (Å²) in [7, 11) is 0. The predicted molar refractivity (Wildman–Crippen MR) is 70.8 cm³/mol. The molecule has 0 aromatic carbocycles. The third-order valence-electron chi connectivity index (χ3n) is 3.65. The molecule has 102 valence electrons. The van der Waals surface area contributed by atoms with Crippen molar-refractivity contribution in [2.24, 2.45) is 16.6 Å². The summed E-state index contributed by atoms with van der Waals surface area (Å²) in [6.45, 7) is 13.3. The van der Waals surface area contributed by atoms with Crippen LogP contribution in [0.3, 0.4) is 0 Å². The first-order valence-electron chi connectivity index (χ1n) is 6.70. The molecular formula is C14H29NO2. The second-order valence-electron chi connectivity index (χ2n) is 6.93. The monoisotopic (exact) mass is 243 g/mol. The summed E-state index contributed by atoms with van der Waals surface area (Å²) in [6.07, 6.45) is 2.95. The number of nitrogens with two attached hydrogens (primary N) is 1. The Labute approximate surface area is 106 Å². The van der Waals surface area contributed by atoms with Gasteiger partial charge in [0.2, 0.25) is 0 Å². The highest BCUT2D eigenvalue weighted by atomic mass is 16.7. The van der Waals surface area contributed by atoms with Gasteiger partial charge in [-0.25, -0.2) is 0 Å². The molecule has 0 spiro atoms. The standard InChI is InChI=1S/C14H29NO2/c1-12(2,3)14(16-9-6-8-15)11-13(4,5)7-10-17-14/h6-11,15H2,1-5H3. The van der Waals surface area contributed by atoms with Crippen LogP contribution in [0.5, 0.6) is 0 Å². The van der Waals surface area contributed by atoms with Gasteiger partial charge in [0.05, 0.1) is 13.2 Å². The predicted octanol–water partition coefficient (Wildman–Crippen LogP) is 2.93. The molecule has 1 atom stereocenters. The lowest BCUT2D eigenvalue weighted by Crippen LogP contribution is -2.54. The minimum atomic E-state index is -0.454. The van der Waals surface area contributed by atoms with E-state index in [9.17, 15) is 0 Å². The zero-order valence-electron chi connectivity index (χ0n) is 12.1. The summed E-state index contributed by atoms with van der Waals surface area (Å²) >= 11 is 0. The van der Waals surface area contributed by atoms with Crippen LogP contribution in [0, 0.1) is 10.8 Å². The average Bonchev–Trinajstić information content (AvgIpc) is 2.15. The van der Waals surface area contributed by atoms with Gasteiger partial charge >= 0.3 is 0 Å². The highest BCUT2D eigenvalue weighted by molar-refractivity contribution is 4.92. The summed E-state index contributed by atoms with van der Waals surface area (Å²) in [4.78, 5) is 0.